The minimum Gasteiger partial charge on any atom is -0.309 e. The molecule has 0 saturated carbocycles. The number of benzene rings is 8. The fourth-order valence-corrected chi connectivity index (χ4v) is 10.9. The first-order chi connectivity index (χ1) is 25.9. The smallest absolute Gasteiger partial charge is 0.0626 e. The van der Waals surface area contributed by atoms with Gasteiger partial charge in [-0.15, -0.1) is 0 Å². The van der Waals surface area contributed by atoms with E-state index in [0.717, 1.165) is 0 Å². The average Bonchev–Trinajstić information content (AvgIpc) is 3.85. The summed E-state index contributed by atoms with van der Waals surface area (Å²) < 4.78 is 2.58. The van der Waals surface area contributed by atoms with Crippen LogP contribution < -0.4 is 0 Å². The summed E-state index contributed by atoms with van der Waals surface area (Å²) in [7, 11) is 0. The van der Waals surface area contributed by atoms with Crippen molar-refractivity contribution in [2.75, 3.05) is 0 Å². The molecule has 0 amide bonds. The van der Waals surface area contributed by atoms with E-state index < -0.39 is 0 Å². The molecule has 0 bridgehead atoms. The first kappa shape index (κ1) is 29.4. The summed E-state index contributed by atoms with van der Waals surface area (Å²) in [4.78, 5) is 0. The predicted molar refractivity (Wildman–Crippen MR) is 223 cm³/mol. The molecule has 0 spiro atoms. The molecule has 1 nitrogen and oxygen atoms in total. The van der Waals surface area contributed by atoms with Gasteiger partial charge in [0.15, 0.2) is 0 Å². The van der Waals surface area contributed by atoms with Gasteiger partial charge in [-0.3, -0.25) is 0 Å². The second-order valence-electron chi connectivity index (χ2n) is 16.4. The molecular formula is C52H37N. The summed E-state index contributed by atoms with van der Waals surface area (Å²) in [6.45, 7) is 9.76. The lowest BCUT2D eigenvalue weighted by Crippen LogP contribution is -2.19. The third-order valence-corrected chi connectivity index (χ3v) is 13.1. The molecule has 0 N–H and O–H groups in total. The maximum Gasteiger partial charge on any atom is 0.0626 e. The van der Waals surface area contributed by atoms with E-state index in [1.54, 1.807) is 0 Å². The largest absolute Gasteiger partial charge is 0.309 e. The maximum absolute atomic E-state index is 2.58. The summed E-state index contributed by atoms with van der Waals surface area (Å²) in [6, 6.07) is 57.1. The van der Waals surface area contributed by atoms with Gasteiger partial charge in [0.2, 0.25) is 0 Å². The van der Waals surface area contributed by atoms with Crippen LogP contribution in [0.3, 0.4) is 0 Å². The van der Waals surface area contributed by atoms with E-state index >= 15 is 0 Å². The van der Waals surface area contributed by atoms with Crippen molar-refractivity contribution in [3.8, 4) is 61.3 Å². The van der Waals surface area contributed by atoms with Crippen molar-refractivity contribution in [1.82, 2.24) is 4.57 Å². The third kappa shape index (κ3) is 3.49. The quantitative estimate of drug-likeness (QED) is 0.172. The van der Waals surface area contributed by atoms with Crippen LogP contribution in [-0.4, -0.2) is 4.57 Å². The highest BCUT2D eigenvalue weighted by Crippen LogP contribution is 2.63. The lowest BCUT2D eigenvalue weighted by Gasteiger charge is -2.27. The second kappa shape index (κ2) is 9.82. The number of aromatic nitrogens is 1. The zero-order valence-corrected chi connectivity index (χ0v) is 30.4. The molecule has 0 aliphatic heterocycles. The Morgan fingerprint density at radius 3 is 1.62 bits per heavy atom. The molecule has 8 aromatic carbocycles. The van der Waals surface area contributed by atoms with Gasteiger partial charge in [-0.05, 0) is 101 Å². The van der Waals surface area contributed by atoms with Gasteiger partial charge in [0.05, 0.1) is 11.0 Å². The van der Waals surface area contributed by atoms with Crippen molar-refractivity contribution in [2.24, 2.45) is 0 Å². The minimum atomic E-state index is -0.154. The van der Waals surface area contributed by atoms with Gasteiger partial charge in [0.25, 0.3) is 0 Å². The van der Waals surface area contributed by atoms with Gasteiger partial charge < -0.3 is 4.57 Å². The molecule has 250 valence electrons. The summed E-state index contributed by atoms with van der Waals surface area (Å²) in [5.74, 6) is 0. The zero-order chi connectivity index (χ0) is 35.4. The van der Waals surface area contributed by atoms with Crippen molar-refractivity contribution in [3.05, 3.63) is 174 Å². The molecule has 0 atom stereocenters. The maximum atomic E-state index is 2.58. The highest BCUT2D eigenvalue weighted by Gasteiger charge is 2.47. The Morgan fingerprint density at radius 2 is 0.906 bits per heavy atom. The van der Waals surface area contributed by atoms with Crippen LogP contribution in [0.2, 0.25) is 0 Å². The minimum absolute atomic E-state index is 0.154. The molecular weight excluding hydrogens is 639 g/mol. The van der Waals surface area contributed by atoms with Crippen LogP contribution >= 0.6 is 0 Å². The SMILES string of the molecule is CC1(C)c2ccccc2-c2c1c1c(c3c4ccccc4n(-c4ccc(-c5ccc6c7c(cccc57)-c5ccccc5-6)cc4)c23)C(C)(C)c2ccccc2-1. The standard InChI is InChI=1S/C52H37N/c1-51(2)41-21-10-7-16-38(41)45-48-46(39-17-8-11-22-42(39)52(48,3)4)50-47(49(45)51)40-18-9-12-23-43(40)53(50)31-26-24-30(25-27-31)32-28-29-37-34-15-6-5-14-33(34)36-20-13-19-35(32)44(36)37/h5-29H,1-4H3. The van der Waals surface area contributed by atoms with Crippen LogP contribution in [0, 0.1) is 0 Å². The summed E-state index contributed by atoms with van der Waals surface area (Å²) in [5.41, 5.74) is 22.7. The van der Waals surface area contributed by atoms with Gasteiger partial charge >= 0.3 is 0 Å². The van der Waals surface area contributed by atoms with Crippen molar-refractivity contribution >= 4 is 32.6 Å². The van der Waals surface area contributed by atoms with Crippen LogP contribution in [-0.2, 0) is 10.8 Å². The first-order valence-electron chi connectivity index (χ1n) is 19.0. The number of hydrogen-bond acceptors (Lipinski definition) is 0. The fraction of sp³-hybridized carbons (Fsp3) is 0.115. The first-order valence-corrected chi connectivity index (χ1v) is 19.0. The van der Waals surface area contributed by atoms with E-state index in [0.29, 0.717) is 0 Å². The number of nitrogens with zero attached hydrogens (tertiary/aromatic N) is 1. The number of fused-ring (bicyclic) bond motifs is 15. The summed E-state index contributed by atoms with van der Waals surface area (Å²) in [5, 5.41) is 5.39. The van der Waals surface area contributed by atoms with E-state index in [-0.39, 0.29) is 10.8 Å². The van der Waals surface area contributed by atoms with E-state index in [1.165, 1.54) is 116 Å². The Kier molecular flexibility index (Phi) is 5.45. The molecule has 0 radical (unpaired) electrons. The third-order valence-electron chi connectivity index (χ3n) is 13.1. The van der Waals surface area contributed by atoms with Gasteiger partial charge in [-0.25, -0.2) is 0 Å². The van der Waals surface area contributed by atoms with E-state index in [9.17, 15) is 0 Å². The fourth-order valence-electron chi connectivity index (χ4n) is 10.9. The molecule has 1 heteroatoms. The molecule has 3 aliphatic carbocycles. The molecule has 1 heterocycles. The highest BCUT2D eigenvalue weighted by atomic mass is 15.0. The Hall–Kier alpha value is -6.18. The summed E-state index contributed by atoms with van der Waals surface area (Å²) >= 11 is 0. The molecule has 0 saturated heterocycles. The molecule has 12 rings (SSSR count). The average molecular weight is 676 g/mol. The summed E-state index contributed by atoms with van der Waals surface area (Å²) in [6.07, 6.45) is 0. The normalized spacial score (nSPS) is 15.1. The van der Waals surface area contributed by atoms with Crippen molar-refractivity contribution in [1.29, 1.82) is 0 Å². The second-order valence-corrected chi connectivity index (χ2v) is 16.4. The molecule has 1 aromatic heterocycles. The van der Waals surface area contributed by atoms with Crippen LogP contribution in [0.5, 0.6) is 0 Å². The molecule has 3 aliphatic rings. The molecule has 0 unspecified atom stereocenters. The Balaban J connectivity index is 1.15. The predicted octanol–water partition coefficient (Wildman–Crippen LogP) is 13.9. The van der Waals surface area contributed by atoms with Crippen LogP contribution in [0.1, 0.15) is 49.9 Å². The Labute approximate surface area is 309 Å². The Bertz CT molecular complexity index is 3060. The monoisotopic (exact) mass is 675 g/mol. The van der Waals surface area contributed by atoms with Crippen molar-refractivity contribution in [2.45, 2.75) is 38.5 Å². The Morgan fingerprint density at radius 1 is 0.377 bits per heavy atom. The lowest BCUT2D eigenvalue weighted by molar-refractivity contribution is 0.651. The van der Waals surface area contributed by atoms with E-state index in [2.05, 4.69) is 184 Å². The van der Waals surface area contributed by atoms with Gasteiger partial charge in [-0.1, -0.05) is 161 Å². The van der Waals surface area contributed by atoms with Gasteiger partial charge in [-0.2, -0.15) is 0 Å². The van der Waals surface area contributed by atoms with Crippen LogP contribution in [0.25, 0.3) is 93.9 Å². The lowest BCUT2D eigenvalue weighted by atomic mass is 9.75. The van der Waals surface area contributed by atoms with Gasteiger partial charge in [0.1, 0.15) is 0 Å². The topological polar surface area (TPSA) is 4.93 Å². The van der Waals surface area contributed by atoms with Crippen LogP contribution in [0.4, 0.5) is 0 Å². The number of hydrogen-bond donors (Lipinski definition) is 0. The molecule has 53 heavy (non-hydrogen) atoms. The molecule has 9 aromatic rings. The van der Waals surface area contributed by atoms with Gasteiger partial charge in [0, 0.05) is 32.9 Å². The zero-order valence-electron chi connectivity index (χ0n) is 30.4. The highest BCUT2D eigenvalue weighted by molar-refractivity contribution is 6.22. The van der Waals surface area contributed by atoms with E-state index in [1.807, 2.05) is 0 Å². The number of para-hydroxylation sites is 1. The number of rotatable bonds is 2. The van der Waals surface area contributed by atoms with Crippen molar-refractivity contribution < 1.29 is 0 Å². The van der Waals surface area contributed by atoms with Crippen molar-refractivity contribution in [3.63, 3.8) is 0 Å². The van der Waals surface area contributed by atoms with Crippen LogP contribution in [0.15, 0.2) is 152 Å². The van der Waals surface area contributed by atoms with E-state index in [4.69, 9.17) is 0 Å². The molecule has 0 fully saturated rings.